The van der Waals surface area contributed by atoms with Crippen molar-refractivity contribution >= 4 is 0 Å². The smallest absolute Gasteiger partial charge is 0.00276 e. The fourth-order valence-electron chi connectivity index (χ4n) is 0.678. The van der Waals surface area contributed by atoms with Gasteiger partial charge in [0.1, 0.15) is 0 Å². The molecule has 10 heavy (non-hydrogen) atoms. The van der Waals surface area contributed by atoms with Crippen LogP contribution in [0.25, 0.3) is 0 Å². The highest BCUT2D eigenvalue weighted by Gasteiger charge is 1.73. The van der Waals surface area contributed by atoms with Crippen LogP contribution in [-0.2, 0) is 0 Å². The van der Waals surface area contributed by atoms with Gasteiger partial charge in [-0.25, -0.2) is 0 Å². The van der Waals surface area contributed by atoms with Crippen molar-refractivity contribution in [3.63, 3.8) is 0 Å². The second-order valence-electron chi connectivity index (χ2n) is 2.15. The minimum absolute atomic E-state index is 1.14. The van der Waals surface area contributed by atoms with Gasteiger partial charge in [-0.3, -0.25) is 0 Å². The van der Waals surface area contributed by atoms with Crippen LogP contribution in [0.2, 0.25) is 0 Å². The van der Waals surface area contributed by atoms with Crippen molar-refractivity contribution in [2.24, 2.45) is 0 Å². The van der Waals surface area contributed by atoms with Gasteiger partial charge in [-0.1, -0.05) is 25.2 Å². The number of allylic oxidation sites excluding steroid dienone is 3. The summed E-state index contributed by atoms with van der Waals surface area (Å²) in [7, 11) is 1.92. The third-order valence-corrected chi connectivity index (χ3v) is 1.19. The van der Waals surface area contributed by atoms with Crippen LogP contribution in [0.5, 0.6) is 0 Å². The van der Waals surface area contributed by atoms with Crippen LogP contribution in [0.15, 0.2) is 24.4 Å². The van der Waals surface area contributed by atoms with Crippen molar-refractivity contribution < 1.29 is 0 Å². The monoisotopic (exact) mass is 139 g/mol. The average molecular weight is 139 g/mol. The predicted octanol–water partition coefficient (Wildman–Crippen LogP) is 2.47. The molecule has 0 fully saturated rings. The first-order chi connectivity index (χ1) is 4.91. The van der Waals surface area contributed by atoms with Gasteiger partial charge in [0.05, 0.1) is 0 Å². The number of hydrogen-bond donors (Lipinski definition) is 1. The molecule has 0 saturated heterocycles. The second kappa shape index (κ2) is 8.28. The quantitative estimate of drug-likeness (QED) is 0.455. The molecule has 1 heteroatoms. The van der Waals surface area contributed by atoms with E-state index in [2.05, 4.69) is 30.5 Å². The highest BCUT2D eigenvalue weighted by Crippen LogP contribution is 1.92. The summed E-state index contributed by atoms with van der Waals surface area (Å²) in [5, 5.41) is 2.95. The van der Waals surface area contributed by atoms with E-state index >= 15 is 0 Å². The zero-order chi connectivity index (χ0) is 7.66. The van der Waals surface area contributed by atoms with E-state index in [1.165, 1.54) is 0 Å². The van der Waals surface area contributed by atoms with E-state index in [1.54, 1.807) is 0 Å². The first-order valence-corrected chi connectivity index (χ1v) is 3.89. The summed E-state index contributed by atoms with van der Waals surface area (Å²) in [6, 6.07) is 0. The van der Waals surface area contributed by atoms with Gasteiger partial charge in [0.2, 0.25) is 0 Å². The lowest BCUT2D eigenvalue weighted by atomic mass is 10.2. The molecular weight excluding hydrogens is 122 g/mol. The van der Waals surface area contributed by atoms with Crippen molar-refractivity contribution in [1.82, 2.24) is 5.32 Å². The van der Waals surface area contributed by atoms with E-state index in [0.29, 0.717) is 0 Å². The molecule has 0 bridgehead atoms. The minimum atomic E-state index is 1.14. The van der Waals surface area contributed by atoms with Crippen LogP contribution >= 0.6 is 0 Å². The molecule has 0 rings (SSSR count). The second-order valence-corrected chi connectivity index (χ2v) is 2.15. The van der Waals surface area contributed by atoms with Crippen LogP contribution < -0.4 is 5.32 Å². The first-order valence-electron chi connectivity index (χ1n) is 3.89. The summed E-state index contributed by atoms with van der Waals surface area (Å²) in [5.41, 5.74) is 0. The Kier molecular flexibility index (Phi) is 7.68. The molecule has 0 saturated carbocycles. The molecule has 1 N–H and O–H groups in total. The van der Waals surface area contributed by atoms with Gasteiger partial charge < -0.3 is 5.32 Å². The molecule has 0 heterocycles. The number of rotatable bonds is 5. The molecule has 0 spiro atoms. The molecule has 0 aromatic rings. The van der Waals surface area contributed by atoms with Crippen LogP contribution in [0.1, 0.15) is 26.2 Å². The molecule has 0 aromatic carbocycles. The largest absolute Gasteiger partial charge is 0.394 e. The fourth-order valence-corrected chi connectivity index (χ4v) is 0.678. The molecule has 58 valence electrons. The summed E-state index contributed by atoms with van der Waals surface area (Å²) in [6.45, 7) is 2.15. The maximum Gasteiger partial charge on any atom is 0.00276 e. The molecule has 0 unspecified atom stereocenters. The van der Waals surface area contributed by atoms with E-state index in [0.717, 1.165) is 19.3 Å². The Labute approximate surface area is 63.8 Å². The van der Waals surface area contributed by atoms with Crippen molar-refractivity contribution in [2.45, 2.75) is 26.2 Å². The third-order valence-electron chi connectivity index (χ3n) is 1.19. The van der Waals surface area contributed by atoms with E-state index in [1.807, 2.05) is 13.2 Å². The molecule has 0 radical (unpaired) electrons. The highest BCUT2D eigenvalue weighted by atomic mass is 14.8. The summed E-state index contributed by atoms with van der Waals surface area (Å²) < 4.78 is 0. The Hall–Kier alpha value is -0.720. The Bertz CT molecular complexity index is 89.3. The molecule has 0 atom stereocenters. The summed E-state index contributed by atoms with van der Waals surface area (Å²) in [6.07, 6.45) is 12.0. The van der Waals surface area contributed by atoms with Crippen molar-refractivity contribution in [1.29, 1.82) is 0 Å². The van der Waals surface area contributed by atoms with Crippen molar-refractivity contribution in [2.75, 3.05) is 7.05 Å². The maximum atomic E-state index is 2.95. The first kappa shape index (κ1) is 9.28. The highest BCUT2D eigenvalue weighted by molar-refractivity contribution is 4.85. The Morgan fingerprint density at radius 1 is 1.10 bits per heavy atom. The normalized spacial score (nSPS) is 11.4. The molecule has 1 nitrogen and oxygen atoms in total. The van der Waals surface area contributed by atoms with Crippen LogP contribution in [-0.4, -0.2) is 7.05 Å². The molecule has 0 aliphatic carbocycles. The summed E-state index contributed by atoms with van der Waals surface area (Å²) >= 11 is 0. The molecule has 0 aliphatic heterocycles. The number of hydrogen-bond acceptors (Lipinski definition) is 1. The zero-order valence-corrected chi connectivity index (χ0v) is 6.93. The SMILES string of the molecule is CC/C=C/CC/C=C\NC. The van der Waals surface area contributed by atoms with Gasteiger partial charge in [0.15, 0.2) is 0 Å². The number of nitrogens with one attached hydrogen (secondary N) is 1. The Morgan fingerprint density at radius 2 is 1.80 bits per heavy atom. The van der Waals surface area contributed by atoms with Crippen LogP contribution in [0, 0.1) is 0 Å². The minimum Gasteiger partial charge on any atom is -0.394 e. The van der Waals surface area contributed by atoms with E-state index in [-0.39, 0.29) is 0 Å². The lowest BCUT2D eigenvalue weighted by molar-refractivity contribution is 1.01. The molecule has 0 aliphatic rings. The predicted molar refractivity (Wildman–Crippen MR) is 46.9 cm³/mol. The van der Waals surface area contributed by atoms with Crippen LogP contribution in [0.3, 0.4) is 0 Å². The Morgan fingerprint density at radius 3 is 2.40 bits per heavy atom. The van der Waals surface area contributed by atoms with Crippen LogP contribution in [0.4, 0.5) is 0 Å². The van der Waals surface area contributed by atoms with E-state index in [9.17, 15) is 0 Å². The van der Waals surface area contributed by atoms with Gasteiger partial charge >= 0.3 is 0 Å². The van der Waals surface area contributed by atoms with Crippen molar-refractivity contribution in [3.05, 3.63) is 24.4 Å². The van der Waals surface area contributed by atoms with Gasteiger partial charge in [0, 0.05) is 7.05 Å². The van der Waals surface area contributed by atoms with Gasteiger partial charge in [-0.2, -0.15) is 0 Å². The van der Waals surface area contributed by atoms with Gasteiger partial charge in [0.25, 0.3) is 0 Å². The Balaban J connectivity index is 3.04. The van der Waals surface area contributed by atoms with Gasteiger partial charge in [-0.15, -0.1) is 0 Å². The van der Waals surface area contributed by atoms with Crippen molar-refractivity contribution in [3.8, 4) is 0 Å². The summed E-state index contributed by atoms with van der Waals surface area (Å²) in [5.74, 6) is 0. The third kappa shape index (κ3) is 7.28. The fraction of sp³-hybridized carbons (Fsp3) is 0.556. The summed E-state index contributed by atoms with van der Waals surface area (Å²) in [4.78, 5) is 0. The standard InChI is InChI=1S/C9H17N/c1-3-4-5-6-7-8-9-10-2/h4-5,8-10H,3,6-7H2,1-2H3/b5-4+,9-8-. The van der Waals surface area contributed by atoms with E-state index in [4.69, 9.17) is 0 Å². The van der Waals surface area contributed by atoms with E-state index < -0.39 is 0 Å². The maximum absolute atomic E-state index is 2.95. The average Bonchev–Trinajstić information content (AvgIpc) is 1.97. The lowest BCUT2D eigenvalue weighted by Crippen LogP contribution is -1.90. The molecular formula is C9H17N. The lowest BCUT2D eigenvalue weighted by Gasteiger charge is -1.86. The van der Waals surface area contributed by atoms with Gasteiger partial charge in [-0.05, 0) is 25.5 Å². The topological polar surface area (TPSA) is 12.0 Å². The molecule has 0 amide bonds. The zero-order valence-electron chi connectivity index (χ0n) is 6.93. The number of unbranched alkanes of at least 4 members (excludes halogenated alkanes) is 1. The molecule has 0 aromatic heterocycles.